The Labute approximate surface area is 350 Å². The van der Waals surface area contributed by atoms with Crippen LogP contribution >= 0.6 is 0 Å². The number of carbonyl (C=O) groups is 1. The average molecular weight is 843 g/mol. The van der Waals surface area contributed by atoms with Crippen molar-refractivity contribution in [2.45, 2.75) is 192 Å². The smallest absolute Gasteiger partial charge is 0.397 e. The highest BCUT2D eigenvalue weighted by molar-refractivity contribution is 7.80. The number of ether oxygens (including phenoxy) is 4. The van der Waals surface area contributed by atoms with Crippen LogP contribution in [0, 0.1) is 0 Å². The third-order valence-electron chi connectivity index (χ3n) is 9.69. The van der Waals surface area contributed by atoms with Crippen molar-refractivity contribution in [1.82, 2.24) is 0 Å². The molecule has 0 radical (unpaired) electrons. The van der Waals surface area contributed by atoms with E-state index in [0.717, 1.165) is 44.9 Å². The van der Waals surface area contributed by atoms with Gasteiger partial charge in [-0.15, -0.1) is 0 Å². The summed E-state index contributed by atoms with van der Waals surface area (Å²) in [5, 5.41) is 30.6. The summed E-state index contributed by atoms with van der Waals surface area (Å²) in [6.45, 7) is 3.75. The van der Waals surface area contributed by atoms with E-state index in [9.17, 15) is 28.5 Å². The standard InChI is InChI=1S/C45H78O12S/c1-3-5-7-9-11-13-15-17-19-21-23-25-27-29-31-33-35-53-37-39(38-54-45-43(49)44(57-58(50,51)52)42(48)40(36-46)56-45)55-41(47)34-32-30-28-26-24-22-20-18-16-14-12-10-8-6-4-2/h6,8,12,14,18,20,24,26,30,32,39-40,42-46,48-49H,3-5,7,9-11,13,15-17,19,21-23,25,27-29,31,33-38H2,1-2H3,(H,50,51,52)/b8-6-,14-12-,20-18-,26-24-,32-30-. The topological polar surface area (TPSA) is 178 Å². The van der Waals surface area contributed by atoms with Gasteiger partial charge in [-0.05, 0) is 38.5 Å². The monoisotopic (exact) mass is 843 g/mol. The van der Waals surface area contributed by atoms with Crippen LogP contribution in [-0.4, -0.2) is 97.5 Å². The van der Waals surface area contributed by atoms with Crippen molar-refractivity contribution < 1.29 is 56.2 Å². The number of aliphatic hydroxyl groups is 3. The van der Waals surface area contributed by atoms with E-state index in [1.54, 1.807) is 6.08 Å². The zero-order valence-electron chi connectivity index (χ0n) is 35.6. The van der Waals surface area contributed by atoms with E-state index in [1.165, 1.54) is 83.5 Å². The predicted molar refractivity (Wildman–Crippen MR) is 229 cm³/mol. The molecule has 58 heavy (non-hydrogen) atoms. The maximum absolute atomic E-state index is 12.8. The largest absolute Gasteiger partial charge is 0.457 e. The molecule has 1 saturated heterocycles. The first-order chi connectivity index (χ1) is 28.1. The molecule has 336 valence electrons. The maximum atomic E-state index is 12.8. The Bertz CT molecular complexity index is 1250. The fraction of sp³-hybridized carbons (Fsp3) is 0.756. The van der Waals surface area contributed by atoms with Gasteiger partial charge in [-0.25, -0.2) is 4.18 Å². The zero-order chi connectivity index (χ0) is 42.5. The predicted octanol–water partition coefficient (Wildman–Crippen LogP) is 8.96. The van der Waals surface area contributed by atoms with Crippen molar-refractivity contribution in [2.75, 3.05) is 26.4 Å². The van der Waals surface area contributed by atoms with Gasteiger partial charge in [0.15, 0.2) is 6.29 Å². The Hall–Kier alpha value is -2.20. The van der Waals surface area contributed by atoms with Gasteiger partial charge in [0.1, 0.15) is 30.5 Å². The second kappa shape index (κ2) is 36.6. The number of hydrogen-bond donors (Lipinski definition) is 4. The molecule has 1 aliphatic heterocycles. The summed E-state index contributed by atoms with van der Waals surface area (Å²) < 4.78 is 58.9. The molecule has 13 heteroatoms. The lowest BCUT2D eigenvalue weighted by atomic mass is 9.99. The summed E-state index contributed by atoms with van der Waals surface area (Å²) >= 11 is 0. The third-order valence-corrected chi connectivity index (χ3v) is 10.2. The summed E-state index contributed by atoms with van der Waals surface area (Å²) in [7, 11) is -5.07. The average Bonchev–Trinajstić information content (AvgIpc) is 3.19. The van der Waals surface area contributed by atoms with Crippen LogP contribution in [0.2, 0.25) is 0 Å². The van der Waals surface area contributed by atoms with Gasteiger partial charge in [0.25, 0.3) is 0 Å². The number of aliphatic hydroxyl groups excluding tert-OH is 3. The molecule has 1 heterocycles. The van der Waals surface area contributed by atoms with Gasteiger partial charge in [-0.1, -0.05) is 171 Å². The fourth-order valence-corrected chi connectivity index (χ4v) is 6.90. The fourth-order valence-electron chi connectivity index (χ4n) is 6.39. The quantitative estimate of drug-likeness (QED) is 0.0202. The molecule has 0 saturated carbocycles. The van der Waals surface area contributed by atoms with Gasteiger partial charge in [-0.3, -0.25) is 9.35 Å². The van der Waals surface area contributed by atoms with Crippen LogP contribution in [0.1, 0.15) is 155 Å². The molecule has 0 aromatic heterocycles. The SMILES string of the molecule is CC/C=C\C/C=C\C/C=C\C/C=C\C/C=C\CC(=O)OC(COCCCCCCCCCCCCCCCCCC)COC1OC(CO)C(O)C(OS(=O)(=O)O)C1O. The Morgan fingerprint density at radius 2 is 1.12 bits per heavy atom. The summed E-state index contributed by atoms with van der Waals surface area (Å²) in [5.41, 5.74) is 0. The van der Waals surface area contributed by atoms with E-state index in [1.807, 2.05) is 12.2 Å². The lowest BCUT2D eigenvalue weighted by Gasteiger charge is -2.41. The number of allylic oxidation sites excluding steroid dienone is 9. The highest BCUT2D eigenvalue weighted by Crippen LogP contribution is 2.26. The van der Waals surface area contributed by atoms with Gasteiger partial charge >= 0.3 is 16.4 Å². The van der Waals surface area contributed by atoms with Crippen molar-refractivity contribution in [3.05, 3.63) is 60.8 Å². The van der Waals surface area contributed by atoms with E-state index < -0.39 is 59.8 Å². The molecule has 6 unspecified atom stereocenters. The zero-order valence-corrected chi connectivity index (χ0v) is 36.4. The van der Waals surface area contributed by atoms with E-state index in [4.69, 9.17) is 23.5 Å². The van der Waals surface area contributed by atoms with E-state index in [-0.39, 0.29) is 19.6 Å². The van der Waals surface area contributed by atoms with Crippen LogP contribution < -0.4 is 0 Å². The molecular formula is C45H78O12S. The minimum atomic E-state index is -5.07. The van der Waals surface area contributed by atoms with Crippen molar-refractivity contribution >= 4 is 16.4 Å². The summed E-state index contributed by atoms with van der Waals surface area (Å²) in [5.74, 6) is -0.526. The summed E-state index contributed by atoms with van der Waals surface area (Å²) in [4.78, 5) is 12.8. The Morgan fingerprint density at radius 3 is 1.59 bits per heavy atom. The van der Waals surface area contributed by atoms with Crippen molar-refractivity contribution in [1.29, 1.82) is 0 Å². The minimum Gasteiger partial charge on any atom is -0.457 e. The van der Waals surface area contributed by atoms with E-state index in [2.05, 4.69) is 60.6 Å². The van der Waals surface area contributed by atoms with Crippen molar-refractivity contribution in [2.24, 2.45) is 0 Å². The van der Waals surface area contributed by atoms with Crippen LogP contribution in [0.3, 0.4) is 0 Å². The number of carbonyl (C=O) groups excluding carboxylic acids is 1. The van der Waals surface area contributed by atoms with Crippen LogP contribution in [0.5, 0.6) is 0 Å². The first kappa shape index (κ1) is 53.8. The third kappa shape index (κ3) is 29.9. The molecule has 0 amide bonds. The Kier molecular flexibility index (Phi) is 34.0. The van der Waals surface area contributed by atoms with E-state index in [0.29, 0.717) is 13.0 Å². The Balaban J connectivity index is 2.50. The molecule has 1 aliphatic rings. The first-order valence-electron chi connectivity index (χ1n) is 22.0. The molecule has 0 aliphatic carbocycles. The second-order valence-electron chi connectivity index (χ2n) is 14.9. The lowest BCUT2D eigenvalue weighted by Crippen LogP contribution is -2.60. The van der Waals surface area contributed by atoms with Gasteiger partial charge in [-0.2, -0.15) is 8.42 Å². The molecule has 1 fully saturated rings. The minimum absolute atomic E-state index is 0.00400. The highest BCUT2D eigenvalue weighted by atomic mass is 32.3. The summed E-state index contributed by atoms with van der Waals surface area (Å²) in [6, 6.07) is 0. The molecule has 0 bridgehead atoms. The molecule has 12 nitrogen and oxygen atoms in total. The van der Waals surface area contributed by atoms with Gasteiger partial charge in [0.05, 0.1) is 26.2 Å². The summed E-state index contributed by atoms with van der Waals surface area (Å²) in [6.07, 6.45) is 35.7. The number of esters is 1. The van der Waals surface area contributed by atoms with Crippen molar-refractivity contribution in [3.63, 3.8) is 0 Å². The van der Waals surface area contributed by atoms with Crippen molar-refractivity contribution in [3.8, 4) is 0 Å². The maximum Gasteiger partial charge on any atom is 0.397 e. The highest BCUT2D eigenvalue weighted by Gasteiger charge is 2.48. The molecule has 4 N–H and O–H groups in total. The molecule has 0 aromatic rings. The van der Waals surface area contributed by atoms with Gasteiger partial charge in [0, 0.05) is 6.61 Å². The van der Waals surface area contributed by atoms with Crippen LogP contribution in [0.4, 0.5) is 0 Å². The van der Waals surface area contributed by atoms with Crippen LogP contribution in [0.15, 0.2) is 60.8 Å². The van der Waals surface area contributed by atoms with E-state index >= 15 is 0 Å². The number of unbranched alkanes of at least 4 members (excludes halogenated alkanes) is 15. The number of rotatable bonds is 37. The molecule has 1 rings (SSSR count). The first-order valence-corrected chi connectivity index (χ1v) is 23.4. The molecular weight excluding hydrogens is 765 g/mol. The molecule has 0 aromatic carbocycles. The Morgan fingerprint density at radius 1 is 0.655 bits per heavy atom. The van der Waals surface area contributed by atoms with Crippen LogP contribution in [-0.2, 0) is 38.3 Å². The number of hydrogen-bond acceptors (Lipinski definition) is 11. The lowest BCUT2D eigenvalue weighted by molar-refractivity contribution is -0.301. The molecule has 6 atom stereocenters. The molecule has 0 spiro atoms. The second-order valence-corrected chi connectivity index (χ2v) is 16.0. The van der Waals surface area contributed by atoms with Gasteiger partial charge < -0.3 is 34.3 Å². The van der Waals surface area contributed by atoms with Crippen LogP contribution in [0.25, 0.3) is 0 Å². The normalized spacial score (nSPS) is 21.1. The van der Waals surface area contributed by atoms with Gasteiger partial charge in [0.2, 0.25) is 0 Å².